The van der Waals surface area contributed by atoms with Crippen LogP contribution in [0.3, 0.4) is 0 Å². The van der Waals surface area contributed by atoms with E-state index in [1.54, 1.807) is 30.3 Å². The maximum absolute atomic E-state index is 11.0. The summed E-state index contributed by atoms with van der Waals surface area (Å²) in [7, 11) is 1.53. The first-order chi connectivity index (χ1) is 7.60. The number of rotatable bonds is 3. The molecule has 0 saturated carbocycles. The third kappa shape index (κ3) is 2.39. The average molecular weight is 217 g/mol. The van der Waals surface area contributed by atoms with Gasteiger partial charge in [0.05, 0.1) is 7.11 Å². The number of benzene rings is 1. The highest BCUT2D eigenvalue weighted by molar-refractivity contribution is 6.03. The van der Waals surface area contributed by atoms with Crippen LogP contribution in [0.5, 0.6) is 5.75 Å². The minimum atomic E-state index is -0.462. The number of Topliss-reactive ketones (excluding diaryl/α,β-unsaturated/α-hetero) is 1. The van der Waals surface area contributed by atoms with E-state index >= 15 is 0 Å². The maximum atomic E-state index is 11.0. The number of ketones is 1. The minimum Gasteiger partial charge on any atom is -0.506 e. The van der Waals surface area contributed by atoms with E-state index in [9.17, 15) is 9.90 Å². The summed E-state index contributed by atoms with van der Waals surface area (Å²) in [5.74, 6) is -0.133. The van der Waals surface area contributed by atoms with Crippen molar-refractivity contribution in [3.8, 4) is 11.8 Å². The van der Waals surface area contributed by atoms with Gasteiger partial charge in [0.25, 0.3) is 0 Å². The van der Waals surface area contributed by atoms with E-state index < -0.39 is 5.78 Å². The lowest BCUT2D eigenvalue weighted by atomic mass is 10.1. The molecule has 0 unspecified atom stereocenters. The monoisotopic (exact) mass is 217 g/mol. The molecule has 0 aliphatic rings. The molecule has 0 spiro atoms. The van der Waals surface area contributed by atoms with Gasteiger partial charge in [-0.1, -0.05) is 0 Å². The van der Waals surface area contributed by atoms with Crippen LogP contribution in [0, 0.1) is 11.3 Å². The molecule has 0 fully saturated rings. The van der Waals surface area contributed by atoms with E-state index in [4.69, 9.17) is 10.00 Å². The van der Waals surface area contributed by atoms with Crippen molar-refractivity contribution in [2.75, 3.05) is 7.11 Å². The van der Waals surface area contributed by atoms with Gasteiger partial charge in [0.2, 0.25) is 0 Å². The van der Waals surface area contributed by atoms with Gasteiger partial charge in [-0.15, -0.1) is 0 Å². The molecule has 0 radical (unpaired) electrons. The average Bonchev–Trinajstić information content (AvgIpc) is 2.29. The third-order valence-corrected chi connectivity index (χ3v) is 2.06. The lowest BCUT2D eigenvalue weighted by Crippen LogP contribution is -1.99. The molecule has 0 saturated heterocycles. The second kappa shape index (κ2) is 4.99. The molecular formula is C12H11NO3. The molecule has 1 N–H and O–H groups in total. The van der Waals surface area contributed by atoms with Gasteiger partial charge in [0.15, 0.2) is 5.78 Å². The summed E-state index contributed by atoms with van der Waals surface area (Å²) in [5, 5.41) is 18.4. The Morgan fingerprint density at radius 1 is 1.38 bits per heavy atom. The van der Waals surface area contributed by atoms with Crippen LogP contribution in [-0.4, -0.2) is 18.0 Å². The van der Waals surface area contributed by atoms with Crippen molar-refractivity contribution in [2.45, 2.75) is 6.92 Å². The van der Waals surface area contributed by atoms with E-state index in [2.05, 4.69) is 0 Å². The Kier molecular flexibility index (Phi) is 3.67. The fourth-order valence-electron chi connectivity index (χ4n) is 1.19. The zero-order chi connectivity index (χ0) is 12.1. The summed E-state index contributed by atoms with van der Waals surface area (Å²) in [6.45, 7) is 1.23. The van der Waals surface area contributed by atoms with Gasteiger partial charge >= 0.3 is 0 Å². The molecule has 0 bridgehead atoms. The smallest absolute Gasteiger partial charge is 0.174 e. The molecule has 0 heterocycles. The molecule has 0 amide bonds. The number of carbonyl (C=O) groups is 1. The molecule has 4 nitrogen and oxygen atoms in total. The Morgan fingerprint density at radius 2 is 1.94 bits per heavy atom. The van der Waals surface area contributed by atoms with E-state index in [1.165, 1.54) is 14.0 Å². The predicted octanol–water partition coefficient (Wildman–Crippen LogP) is 2.08. The molecule has 0 atom stereocenters. The first-order valence-corrected chi connectivity index (χ1v) is 4.59. The second-order valence-electron chi connectivity index (χ2n) is 3.12. The van der Waals surface area contributed by atoms with Gasteiger partial charge in [-0.05, 0) is 24.3 Å². The van der Waals surface area contributed by atoms with Crippen LogP contribution < -0.4 is 4.74 Å². The number of nitrogens with zero attached hydrogens (tertiary/aromatic N) is 1. The normalized spacial score (nSPS) is 11.3. The molecule has 0 aliphatic carbocycles. The fraction of sp³-hybridized carbons (Fsp3) is 0.167. The number of allylic oxidation sites excluding steroid dienone is 1. The Hall–Kier alpha value is -2.28. The predicted molar refractivity (Wildman–Crippen MR) is 58.8 cm³/mol. The second-order valence-corrected chi connectivity index (χ2v) is 3.12. The van der Waals surface area contributed by atoms with Crippen molar-refractivity contribution in [3.63, 3.8) is 0 Å². The fourth-order valence-corrected chi connectivity index (χ4v) is 1.19. The summed E-state index contributed by atoms with van der Waals surface area (Å²) >= 11 is 0. The number of aliphatic hydroxyl groups is 1. The third-order valence-electron chi connectivity index (χ3n) is 2.06. The SMILES string of the molecule is COc1ccc(C(O)=C(C#N)C(C)=O)cc1. The molecule has 0 aliphatic heterocycles. The summed E-state index contributed by atoms with van der Waals surface area (Å²) < 4.78 is 4.95. The standard InChI is InChI=1S/C12H11NO3/c1-8(14)11(7-13)12(15)9-3-5-10(16-2)6-4-9/h3-6,15H,1-2H3. The lowest BCUT2D eigenvalue weighted by Gasteiger charge is -2.03. The highest BCUT2D eigenvalue weighted by atomic mass is 16.5. The van der Waals surface area contributed by atoms with Crippen molar-refractivity contribution in [1.82, 2.24) is 0 Å². The first-order valence-electron chi connectivity index (χ1n) is 4.59. The topological polar surface area (TPSA) is 70.3 Å². The Labute approximate surface area is 93.4 Å². The number of carbonyl (C=O) groups excluding carboxylic acids is 1. The van der Waals surface area contributed by atoms with Crippen LogP contribution in [0.25, 0.3) is 5.76 Å². The molecule has 1 rings (SSSR count). The first kappa shape index (κ1) is 11.8. The molecular weight excluding hydrogens is 206 g/mol. The van der Waals surface area contributed by atoms with Crippen LogP contribution in [0.15, 0.2) is 29.8 Å². The summed E-state index contributed by atoms with van der Waals surface area (Å²) in [6, 6.07) is 8.11. The molecule has 0 aromatic heterocycles. The molecule has 82 valence electrons. The van der Waals surface area contributed by atoms with Crippen molar-refractivity contribution in [2.24, 2.45) is 0 Å². The van der Waals surface area contributed by atoms with Crippen molar-refractivity contribution < 1.29 is 14.6 Å². The Balaban J connectivity index is 3.18. The van der Waals surface area contributed by atoms with Crippen molar-refractivity contribution in [3.05, 3.63) is 35.4 Å². The van der Waals surface area contributed by atoms with Crippen LogP contribution in [0.4, 0.5) is 0 Å². The van der Waals surface area contributed by atoms with Crippen LogP contribution >= 0.6 is 0 Å². The van der Waals surface area contributed by atoms with E-state index in [0.29, 0.717) is 11.3 Å². The number of hydrogen-bond donors (Lipinski definition) is 1. The molecule has 4 heteroatoms. The maximum Gasteiger partial charge on any atom is 0.174 e. The Morgan fingerprint density at radius 3 is 2.31 bits per heavy atom. The van der Waals surface area contributed by atoms with Crippen LogP contribution in [0.2, 0.25) is 0 Å². The zero-order valence-electron chi connectivity index (χ0n) is 9.02. The number of nitriles is 1. The molecule has 16 heavy (non-hydrogen) atoms. The van der Waals surface area contributed by atoms with E-state index in [1.807, 2.05) is 0 Å². The zero-order valence-corrected chi connectivity index (χ0v) is 9.02. The summed E-state index contributed by atoms with van der Waals surface area (Å²) in [6.07, 6.45) is 0. The van der Waals surface area contributed by atoms with Gasteiger partial charge in [-0.25, -0.2) is 0 Å². The van der Waals surface area contributed by atoms with Gasteiger partial charge in [0, 0.05) is 12.5 Å². The molecule has 1 aromatic carbocycles. The highest BCUT2D eigenvalue weighted by Gasteiger charge is 2.12. The lowest BCUT2D eigenvalue weighted by molar-refractivity contribution is -0.113. The number of methoxy groups -OCH3 is 1. The summed E-state index contributed by atoms with van der Waals surface area (Å²) in [4.78, 5) is 11.0. The number of ether oxygens (including phenoxy) is 1. The minimum absolute atomic E-state index is 0.245. The van der Waals surface area contributed by atoms with Crippen molar-refractivity contribution in [1.29, 1.82) is 5.26 Å². The van der Waals surface area contributed by atoms with Gasteiger partial charge < -0.3 is 9.84 Å². The van der Waals surface area contributed by atoms with Crippen LogP contribution in [0.1, 0.15) is 12.5 Å². The molecule has 1 aromatic rings. The van der Waals surface area contributed by atoms with Gasteiger partial charge in [0.1, 0.15) is 23.2 Å². The van der Waals surface area contributed by atoms with Gasteiger partial charge in [-0.2, -0.15) is 5.26 Å². The number of hydrogen-bond acceptors (Lipinski definition) is 4. The summed E-state index contributed by atoms with van der Waals surface area (Å²) in [5.41, 5.74) is 0.165. The largest absolute Gasteiger partial charge is 0.506 e. The number of aliphatic hydroxyl groups excluding tert-OH is 1. The quantitative estimate of drug-likeness (QED) is 0.478. The van der Waals surface area contributed by atoms with Gasteiger partial charge in [-0.3, -0.25) is 4.79 Å². The Bertz CT molecular complexity index is 466. The van der Waals surface area contributed by atoms with Crippen LogP contribution in [-0.2, 0) is 4.79 Å². The van der Waals surface area contributed by atoms with E-state index in [0.717, 1.165) is 0 Å². The highest BCUT2D eigenvalue weighted by Crippen LogP contribution is 2.19. The van der Waals surface area contributed by atoms with E-state index in [-0.39, 0.29) is 11.3 Å². The van der Waals surface area contributed by atoms with Crippen molar-refractivity contribution >= 4 is 11.5 Å².